The van der Waals surface area contributed by atoms with Crippen LogP contribution in [-0.4, -0.2) is 22.8 Å². The van der Waals surface area contributed by atoms with Crippen LogP contribution in [0.3, 0.4) is 0 Å². The van der Waals surface area contributed by atoms with Crippen LogP contribution in [0.15, 0.2) is 54.1 Å². The minimum Gasteiger partial charge on any atom is -0.380 e. The van der Waals surface area contributed by atoms with E-state index in [9.17, 15) is 18.0 Å². The summed E-state index contributed by atoms with van der Waals surface area (Å²) in [7, 11) is 0. The van der Waals surface area contributed by atoms with Crippen LogP contribution < -0.4 is 5.32 Å². The van der Waals surface area contributed by atoms with E-state index in [2.05, 4.69) is 12.2 Å². The SMILES string of the molecule is CCCSC1CCCCC1N/C(=C(/C)C(=O)c1ccc(Cl)cc1)c1ccc(C(F)(F)F)cc1. The van der Waals surface area contributed by atoms with Crippen LogP contribution in [0.2, 0.25) is 5.02 Å². The van der Waals surface area contributed by atoms with Crippen molar-refractivity contribution in [3.05, 3.63) is 75.8 Å². The van der Waals surface area contributed by atoms with Crippen molar-refractivity contribution >= 4 is 34.8 Å². The number of benzene rings is 2. The van der Waals surface area contributed by atoms with Crippen LogP contribution in [0.25, 0.3) is 5.70 Å². The summed E-state index contributed by atoms with van der Waals surface area (Å²) >= 11 is 7.90. The van der Waals surface area contributed by atoms with Gasteiger partial charge in [0.05, 0.1) is 5.56 Å². The Labute approximate surface area is 203 Å². The van der Waals surface area contributed by atoms with Crippen molar-refractivity contribution in [2.24, 2.45) is 0 Å². The summed E-state index contributed by atoms with van der Waals surface area (Å²) in [5, 5.41) is 4.52. The molecule has 7 heteroatoms. The molecule has 178 valence electrons. The second-order valence-electron chi connectivity index (χ2n) is 8.36. The first-order valence-electron chi connectivity index (χ1n) is 11.3. The van der Waals surface area contributed by atoms with Crippen molar-refractivity contribution in [2.45, 2.75) is 63.4 Å². The van der Waals surface area contributed by atoms with E-state index in [4.69, 9.17) is 11.6 Å². The number of nitrogens with one attached hydrogen (secondary N) is 1. The molecule has 3 rings (SSSR count). The molecule has 2 atom stereocenters. The molecule has 0 amide bonds. The lowest BCUT2D eigenvalue weighted by Crippen LogP contribution is -2.40. The van der Waals surface area contributed by atoms with Crippen LogP contribution in [0, 0.1) is 0 Å². The first-order valence-corrected chi connectivity index (χ1v) is 12.7. The Morgan fingerprint density at radius 1 is 1.03 bits per heavy atom. The molecule has 0 heterocycles. The Hall–Kier alpha value is -1.92. The van der Waals surface area contributed by atoms with E-state index in [1.165, 1.54) is 18.6 Å². The Balaban J connectivity index is 1.99. The van der Waals surface area contributed by atoms with Crippen molar-refractivity contribution < 1.29 is 18.0 Å². The second-order valence-corrected chi connectivity index (χ2v) is 10.1. The lowest BCUT2D eigenvalue weighted by molar-refractivity contribution is -0.137. The maximum atomic E-state index is 13.3. The van der Waals surface area contributed by atoms with Crippen molar-refractivity contribution in [1.82, 2.24) is 5.32 Å². The fraction of sp³-hybridized carbons (Fsp3) is 0.423. The number of hydrogen-bond donors (Lipinski definition) is 1. The zero-order valence-electron chi connectivity index (χ0n) is 18.8. The van der Waals surface area contributed by atoms with E-state index in [1.54, 1.807) is 31.2 Å². The van der Waals surface area contributed by atoms with Gasteiger partial charge in [0, 0.05) is 33.1 Å². The third-order valence-corrected chi connectivity index (χ3v) is 7.78. The smallest absolute Gasteiger partial charge is 0.380 e. The standard InChI is InChI=1S/C26H29ClF3NOS/c1-3-16-33-23-7-5-4-6-22(23)31-24(18-8-12-20(13-9-18)26(28,29)30)17(2)25(32)19-10-14-21(27)15-11-19/h8-15,22-23,31H,3-7,16H2,1-2H3/b24-17-. The first-order chi connectivity index (χ1) is 15.7. The van der Waals surface area contributed by atoms with Crippen LogP contribution in [-0.2, 0) is 6.18 Å². The van der Waals surface area contributed by atoms with Gasteiger partial charge in [0.2, 0.25) is 0 Å². The van der Waals surface area contributed by atoms with Crippen LogP contribution in [0.5, 0.6) is 0 Å². The molecule has 2 aromatic carbocycles. The molecule has 1 aliphatic rings. The Bertz CT molecular complexity index is 971. The number of allylic oxidation sites excluding steroid dienone is 1. The van der Waals surface area contributed by atoms with Gasteiger partial charge < -0.3 is 5.32 Å². The monoisotopic (exact) mass is 495 g/mol. The fourth-order valence-electron chi connectivity index (χ4n) is 4.08. The number of ketones is 1. The van der Waals surface area contributed by atoms with Gasteiger partial charge in [-0.15, -0.1) is 0 Å². The summed E-state index contributed by atoms with van der Waals surface area (Å²) in [5.41, 5.74) is 1.43. The maximum absolute atomic E-state index is 13.3. The number of halogens is 4. The van der Waals surface area contributed by atoms with E-state index in [0.29, 0.717) is 32.7 Å². The zero-order chi connectivity index (χ0) is 24.0. The predicted molar refractivity (Wildman–Crippen MR) is 132 cm³/mol. The molecule has 2 unspecified atom stereocenters. The molecule has 1 N–H and O–H groups in total. The highest BCUT2D eigenvalue weighted by atomic mass is 35.5. The van der Waals surface area contributed by atoms with E-state index < -0.39 is 11.7 Å². The van der Waals surface area contributed by atoms with Gasteiger partial charge >= 0.3 is 6.18 Å². The second kappa shape index (κ2) is 11.5. The topological polar surface area (TPSA) is 29.1 Å². The van der Waals surface area contributed by atoms with Gasteiger partial charge in [-0.25, -0.2) is 0 Å². The average Bonchev–Trinajstić information content (AvgIpc) is 2.81. The highest BCUT2D eigenvalue weighted by Gasteiger charge is 2.31. The molecule has 0 radical (unpaired) electrons. The van der Waals surface area contributed by atoms with Crippen molar-refractivity contribution in [1.29, 1.82) is 0 Å². The molecule has 1 aliphatic carbocycles. The third-order valence-electron chi connectivity index (χ3n) is 5.89. The minimum absolute atomic E-state index is 0.153. The van der Waals surface area contributed by atoms with E-state index in [1.807, 2.05) is 11.8 Å². The van der Waals surface area contributed by atoms with Gasteiger partial charge in [0.1, 0.15) is 0 Å². The zero-order valence-corrected chi connectivity index (χ0v) is 20.4. The van der Waals surface area contributed by atoms with Crippen molar-refractivity contribution in [2.75, 3.05) is 5.75 Å². The van der Waals surface area contributed by atoms with Crippen molar-refractivity contribution in [3.8, 4) is 0 Å². The summed E-state index contributed by atoms with van der Waals surface area (Å²) in [6.07, 6.45) is 0.993. The number of hydrogen-bond acceptors (Lipinski definition) is 3. The number of rotatable bonds is 8. The Morgan fingerprint density at radius 2 is 1.64 bits per heavy atom. The fourth-order valence-corrected chi connectivity index (χ4v) is 5.52. The van der Waals surface area contributed by atoms with Crippen LogP contribution >= 0.6 is 23.4 Å². The molecule has 0 bridgehead atoms. The molecule has 0 aliphatic heterocycles. The summed E-state index contributed by atoms with van der Waals surface area (Å²) in [6, 6.07) is 11.8. The van der Waals surface area contributed by atoms with E-state index in [0.717, 1.165) is 43.6 Å². The summed E-state index contributed by atoms with van der Waals surface area (Å²) in [5.74, 6) is 0.882. The molecule has 33 heavy (non-hydrogen) atoms. The van der Waals surface area contributed by atoms with Gasteiger partial charge in [-0.3, -0.25) is 4.79 Å². The quantitative estimate of drug-likeness (QED) is 0.297. The highest BCUT2D eigenvalue weighted by molar-refractivity contribution is 7.99. The van der Waals surface area contributed by atoms with E-state index >= 15 is 0 Å². The molecular formula is C26H29ClF3NOS. The van der Waals surface area contributed by atoms with Gasteiger partial charge in [-0.05, 0) is 73.9 Å². The summed E-state index contributed by atoms with van der Waals surface area (Å²) in [4.78, 5) is 13.3. The molecule has 0 saturated heterocycles. The van der Waals surface area contributed by atoms with Gasteiger partial charge in [-0.1, -0.05) is 43.5 Å². The van der Waals surface area contributed by atoms with Crippen LogP contribution in [0.1, 0.15) is 67.4 Å². The predicted octanol–water partition coefficient (Wildman–Crippen LogP) is 8.02. The molecular weight excluding hydrogens is 467 g/mol. The lowest BCUT2D eigenvalue weighted by Gasteiger charge is -2.34. The molecule has 2 nitrogen and oxygen atoms in total. The lowest BCUT2D eigenvalue weighted by atomic mass is 9.92. The van der Waals surface area contributed by atoms with Gasteiger partial charge in [0.25, 0.3) is 0 Å². The van der Waals surface area contributed by atoms with Crippen LogP contribution in [0.4, 0.5) is 13.2 Å². The average molecular weight is 496 g/mol. The maximum Gasteiger partial charge on any atom is 0.416 e. The molecule has 2 aromatic rings. The van der Waals surface area contributed by atoms with E-state index in [-0.39, 0.29) is 11.8 Å². The molecule has 0 aromatic heterocycles. The Morgan fingerprint density at radius 3 is 2.24 bits per heavy atom. The minimum atomic E-state index is -4.41. The first kappa shape index (κ1) is 25.7. The normalized spacial score (nSPS) is 19.7. The third kappa shape index (κ3) is 6.80. The van der Waals surface area contributed by atoms with Gasteiger partial charge in [0.15, 0.2) is 5.78 Å². The number of thioether (sulfide) groups is 1. The molecule has 1 fully saturated rings. The van der Waals surface area contributed by atoms with Gasteiger partial charge in [-0.2, -0.15) is 24.9 Å². The highest BCUT2D eigenvalue weighted by Crippen LogP contribution is 2.33. The largest absolute Gasteiger partial charge is 0.416 e. The Kier molecular flexibility index (Phi) is 8.94. The number of carbonyl (C=O) groups is 1. The number of Topliss-reactive ketones (excluding diaryl/α,β-unsaturated/α-hetero) is 1. The molecule has 0 spiro atoms. The summed E-state index contributed by atoms with van der Waals surface area (Å²) in [6.45, 7) is 3.88. The number of alkyl halides is 3. The summed E-state index contributed by atoms with van der Waals surface area (Å²) < 4.78 is 39.3. The van der Waals surface area contributed by atoms with Crippen molar-refractivity contribution in [3.63, 3.8) is 0 Å². The number of carbonyl (C=O) groups excluding carboxylic acids is 1. The molecule has 1 saturated carbocycles.